The molecule has 20 heavy (non-hydrogen) atoms. The van der Waals surface area contributed by atoms with Gasteiger partial charge in [-0.25, -0.2) is 8.42 Å². The maximum absolute atomic E-state index is 12.2. The molecule has 0 saturated carbocycles. The fourth-order valence-corrected chi connectivity index (χ4v) is 3.56. The maximum atomic E-state index is 12.2. The number of carbonyl (C=O) groups is 1. The van der Waals surface area contributed by atoms with Crippen LogP contribution < -0.4 is 4.72 Å². The van der Waals surface area contributed by atoms with Crippen LogP contribution in [0.1, 0.15) is 26.2 Å². The fourth-order valence-electron chi connectivity index (χ4n) is 2.34. The average molecular weight is 296 g/mol. The molecule has 0 radical (unpaired) electrons. The molecule has 1 unspecified atom stereocenters. The van der Waals surface area contributed by atoms with Crippen molar-refractivity contribution in [3.63, 3.8) is 0 Å². The highest BCUT2D eigenvalue weighted by Crippen LogP contribution is 2.12. The number of nitrogens with zero attached hydrogens (tertiary/aromatic N) is 1. The van der Waals surface area contributed by atoms with Crippen molar-refractivity contribution >= 4 is 15.9 Å². The van der Waals surface area contributed by atoms with E-state index in [0.29, 0.717) is 0 Å². The topological polar surface area (TPSA) is 66.5 Å². The second-order valence-electron chi connectivity index (χ2n) is 5.04. The number of hydrogen-bond donors (Lipinski definition) is 1. The molecule has 2 rings (SSSR count). The molecule has 1 aliphatic rings. The molecule has 1 aromatic rings. The molecule has 1 aromatic carbocycles. The van der Waals surface area contributed by atoms with Gasteiger partial charge in [0.05, 0.1) is 10.9 Å². The predicted octanol–water partition coefficient (Wildman–Crippen LogP) is 1.37. The van der Waals surface area contributed by atoms with Crippen molar-refractivity contribution in [3.05, 3.63) is 30.3 Å². The van der Waals surface area contributed by atoms with Crippen LogP contribution in [0.2, 0.25) is 0 Å². The van der Waals surface area contributed by atoms with Crippen LogP contribution in [0.4, 0.5) is 0 Å². The van der Waals surface area contributed by atoms with E-state index in [0.717, 1.165) is 32.4 Å². The lowest BCUT2D eigenvalue weighted by molar-refractivity contribution is -0.133. The van der Waals surface area contributed by atoms with E-state index in [1.54, 1.807) is 30.0 Å². The first-order chi connectivity index (χ1) is 9.50. The number of hydrogen-bond acceptors (Lipinski definition) is 3. The Bertz CT molecular complexity index is 551. The summed E-state index contributed by atoms with van der Waals surface area (Å²) in [7, 11) is -3.64. The minimum absolute atomic E-state index is 0.149. The Morgan fingerprint density at radius 2 is 1.75 bits per heavy atom. The molecule has 110 valence electrons. The van der Waals surface area contributed by atoms with Crippen molar-refractivity contribution < 1.29 is 13.2 Å². The Morgan fingerprint density at radius 3 is 2.35 bits per heavy atom. The molecule has 1 aliphatic heterocycles. The van der Waals surface area contributed by atoms with Crippen LogP contribution in [-0.4, -0.2) is 38.4 Å². The molecule has 5 nitrogen and oxygen atoms in total. The van der Waals surface area contributed by atoms with Gasteiger partial charge in [0.15, 0.2) is 0 Å². The third-order valence-corrected chi connectivity index (χ3v) is 4.98. The number of likely N-dealkylation sites (tertiary alicyclic amines) is 1. The van der Waals surface area contributed by atoms with E-state index in [1.807, 2.05) is 0 Å². The van der Waals surface area contributed by atoms with Crippen LogP contribution in [0, 0.1) is 0 Å². The summed E-state index contributed by atoms with van der Waals surface area (Å²) < 4.78 is 26.7. The van der Waals surface area contributed by atoms with Crippen LogP contribution in [0.15, 0.2) is 35.2 Å². The van der Waals surface area contributed by atoms with Crippen LogP contribution >= 0.6 is 0 Å². The van der Waals surface area contributed by atoms with Crippen LogP contribution in [0.3, 0.4) is 0 Å². The van der Waals surface area contributed by atoms with Crippen molar-refractivity contribution in [2.45, 2.75) is 37.1 Å². The Hall–Kier alpha value is -1.40. The van der Waals surface area contributed by atoms with Gasteiger partial charge < -0.3 is 4.90 Å². The SMILES string of the molecule is CC(NS(=O)(=O)c1ccccc1)C(=O)N1CCCCC1. The zero-order valence-electron chi connectivity index (χ0n) is 11.6. The standard InChI is InChI=1S/C14H20N2O3S/c1-12(14(17)16-10-6-3-7-11-16)15-20(18,19)13-8-4-2-5-9-13/h2,4-5,8-9,12,15H,3,6-7,10-11H2,1H3. The van der Waals surface area contributed by atoms with Crippen LogP contribution in [0.5, 0.6) is 0 Å². The first-order valence-corrected chi connectivity index (χ1v) is 8.35. The summed E-state index contributed by atoms with van der Waals surface area (Å²) in [5.41, 5.74) is 0. The molecule has 0 spiro atoms. The average Bonchev–Trinajstić information content (AvgIpc) is 2.48. The Kier molecular flexibility index (Phi) is 4.77. The summed E-state index contributed by atoms with van der Waals surface area (Å²) >= 11 is 0. The fraction of sp³-hybridized carbons (Fsp3) is 0.500. The summed E-state index contributed by atoms with van der Waals surface area (Å²) in [5.74, 6) is -0.149. The second kappa shape index (κ2) is 6.37. The molecule has 1 N–H and O–H groups in total. The van der Waals surface area contributed by atoms with E-state index in [4.69, 9.17) is 0 Å². The molecular formula is C14H20N2O3S. The smallest absolute Gasteiger partial charge is 0.241 e. The number of piperidine rings is 1. The van der Waals surface area contributed by atoms with Gasteiger partial charge in [0.2, 0.25) is 15.9 Å². The van der Waals surface area contributed by atoms with E-state index in [1.165, 1.54) is 12.1 Å². The Balaban J connectivity index is 2.03. The first kappa shape index (κ1) is 15.0. The molecule has 1 amide bonds. The number of amides is 1. The minimum Gasteiger partial charge on any atom is -0.341 e. The minimum atomic E-state index is -3.64. The normalized spacial score (nSPS) is 17.8. The van der Waals surface area contributed by atoms with Crippen LogP contribution in [0.25, 0.3) is 0 Å². The quantitative estimate of drug-likeness (QED) is 0.912. The van der Waals surface area contributed by atoms with Gasteiger partial charge >= 0.3 is 0 Å². The van der Waals surface area contributed by atoms with Crippen molar-refractivity contribution in [1.82, 2.24) is 9.62 Å². The maximum Gasteiger partial charge on any atom is 0.241 e. The molecule has 0 aliphatic carbocycles. The zero-order valence-corrected chi connectivity index (χ0v) is 12.4. The van der Waals surface area contributed by atoms with Crippen molar-refractivity contribution in [2.24, 2.45) is 0 Å². The van der Waals surface area contributed by atoms with Gasteiger partial charge in [0, 0.05) is 13.1 Å². The number of carbonyl (C=O) groups excluding carboxylic acids is 1. The summed E-state index contributed by atoms with van der Waals surface area (Å²) in [4.78, 5) is 14.1. The van der Waals surface area contributed by atoms with E-state index in [9.17, 15) is 13.2 Å². The van der Waals surface area contributed by atoms with Crippen molar-refractivity contribution in [2.75, 3.05) is 13.1 Å². The zero-order chi connectivity index (χ0) is 14.6. The van der Waals surface area contributed by atoms with E-state index < -0.39 is 16.1 Å². The lowest BCUT2D eigenvalue weighted by Gasteiger charge is -2.29. The highest BCUT2D eigenvalue weighted by molar-refractivity contribution is 7.89. The molecule has 1 fully saturated rings. The predicted molar refractivity (Wildman–Crippen MR) is 76.7 cm³/mol. The molecular weight excluding hydrogens is 276 g/mol. The third kappa shape index (κ3) is 3.58. The van der Waals surface area contributed by atoms with Gasteiger partial charge in [0.25, 0.3) is 0 Å². The first-order valence-electron chi connectivity index (χ1n) is 6.87. The molecule has 1 atom stereocenters. The van der Waals surface area contributed by atoms with Crippen molar-refractivity contribution in [3.8, 4) is 0 Å². The van der Waals surface area contributed by atoms with Gasteiger partial charge in [-0.1, -0.05) is 18.2 Å². The monoisotopic (exact) mass is 296 g/mol. The number of sulfonamides is 1. The summed E-state index contributed by atoms with van der Waals surface area (Å²) in [6.45, 7) is 3.03. The van der Waals surface area contributed by atoms with E-state index in [-0.39, 0.29) is 10.8 Å². The van der Waals surface area contributed by atoms with Crippen LogP contribution in [-0.2, 0) is 14.8 Å². The molecule has 6 heteroatoms. The highest BCUT2D eigenvalue weighted by Gasteiger charge is 2.26. The lowest BCUT2D eigenvalue weighted by atomic mass is 10.1. The molecule has 0 bridgehead atoms. The number of rotatable bonds is 4. The van der Waals surface area contributed by atoms with E-state index in [2.05, 4.69) is 4.72 Å². The second-order valence-corrected chi connectivity index (χ2v) is 6.76. The van der Waals surface area contributed by atoms with Gasteiger partial charge in [-0.2, -0.15) is 4.72 Å². The summed E-state index contributed by atoms with van der Waals surface area (Å²) in [6.07, 6.45) is 3.11. The van der Waals surface area contributed by atoms with Gasteiger partial charge in [-0.15, -0.1) is 0 Å². The summed E-state index contributed by atoms with van der Waals surface area (Å²) in [6, 6.07) is 7.36. The largest absolute Gasteiger partial charge is 0.341 e. The summed E-state index contributed by atoms with van der Waals surface area (Å²) in [5, 5.41) is 0. The van der Waals surface area contributed by atoms with Gasteiger partial charge in [0.1, 0.15) is 0 Å². The Labute approximate surface area is 120 Å². The lowest BCUT2D eigenvalue weighted by Crippen LogP contribution is -2.48. The highest BCUT2D eigenvalue weighted by atomic mass is 32.2. The van der Waals surface area contributed by atoms with Gasteiger partial charge in [-0.05, 0) is 38.3 Å². The number of nitrogens with one attached hydrogen (secondary N) is 1. The molecule has 1 heterocycles. The third-order valence-electron chi connectivity index (χ3n) is 3.42. The number of benzene rings is 1. The molecule has 1 saturated heterocycles. The van der Waals surface area contributed by atoms with E-state index >= 15 is 0 Å². The Morgan fingerprint density at radius 1 is 1.15 bits per heavy atom. The molecule has 0 aromatic heterocycles. The van der Waals surface area contributed by atoms with Gasteiger partial charge in [-0.3, -0.25) is 4.79 Å². The van der Waals surface area contributed by atoms with Crippen molar-refractivity contribution in [1.29, 1.82) is 0 Å².